The van der Waals surface area contributed by atoms with Gasteiger partial charge in [0.1, 0.15) is 0 Å². The fourth-order valence-corrected chi connectivity index (χ4v) is 3.12. The molecule has 2 aromatic carbocycles. The van der Waals surface area contributed by atoms with Gasteiger partial charge in [0.25, 0.3) is 0 Å². The van der Waals surface area contributed by atoms with Crippen molar-refractivity contribution < 1.29 is 50.5 Å². The molecular formula is C22H24N5O6ReS-5. The molecule has 0 heterocycles. The second-order valence-electron chi connectivity index (χ2n) is 7.18. The number of carbonyl (C=O) groups is 3. The molecule has 0 aromatic heterocycles. The van der Waals surface area contributed by atoms with E-state index in [1.807, 2.05) is 0 Å². The van der Waals surface area contributed by atoms with E-state index < -0.39 is 48.3 Å². The van der Waals surface area contributed by atoms with Gasteiger partial charge in [-0.1, -0.05) is 54.6 Å². The van der Waals surface area contributed by atoms with Crippen LogP contribution in [0.3, 0.4) is 0 Å². The molecule has 1 unspecified atom stereocenters. The molecule has 0 saturated carbocycles. The first-order valence-corrected chi connectivity index (χ1v) is 10.6. The molecule has 11 nitrogen and oxygen atoms in total. The summed E-state index contributed by atoms with van der Waals surface area (Å²) in [5.74, 6) is -3.35. The van der Waals surface area contributed by atoms with Gasteiger partial charge in [0, 0.05) is 20.4 Å². The Morgan fingerprint density at radius 3 is 2.14 bits per heavy atom. The SMILES string of the molecule is N=C([O-])C(NC(=O)[C@H](C[S-])NC(=O)CNC(=O)[C@@H](N)Cc1ccc([O-])cc1)c1ccccc1.[O-2].[Re]. The van der Waals surface area contributed by atoms with E-state index in [0.29, 0.717) is 11.1 Å². The van der Waals surface area contributed by atoms with Gasteiger partial charge in [0.15, 0.2) is 0 Å². The molecule has 2 rings (SSSR count). The standard InChI is InChI=1S/C22H27N5O5S.O.Re/c23-16(10-13-6-8-15(28)9-7-13)21(31)25-11-18(29)26-17(12-33)22(32)27-19(20(24)30)14-4-2-1-3-5-14;;/h1-9,16-17,19,28,33H,10-12,23H2,(H2,24,30)(H,25,31)(H,26,29)(H,27,32);;/q;-2;/p-3/t16-,17-,19?;;/m0../s1. The second kappa shape index (κ2) is 15.9. The van der Waals surface area contributed by atoms with Crippen molar-refractivity contribution in [1.82, 2.24) is 16.0 Å². The molecule has 6 N–H and O–H groups in total. The molecule has 35 heavy (non-hydrogen) atoms. The van der Waals surface area contributed by atoms with Gasteiger partial charge in [0.2, 0.25) is 17.7 Å². The minimum atomic E-state index is -1.20. The quantitative estimate of drug-likeness (QED) is 0.101. The van der Waals surface area contributed by atoms with Crippen LogP contribution in [0, 0.1) is 5.41 Å². The molecule has 0 saturated heterocycles. The summed E-state index contributed by atoms with van der Waals surface area (Å²) in [6.07, 6.45) is 0.174. The molecule has 0 aliphatic carbocycles. The van der Waals surface area contributed by atoms with E-state index in [1.165, 1.54) is 12.1 Å². The predicted octanol–water partition coefficient (Wildman–Crippen LogP) is -2.15. The Morgan fingerprint density at radius 1 is 1.00 bits per heavy atom. The van der Waals surface area contributed by atoms with E-state index in [9.17, 15) is 24.6 Å². The number of nitrogens with two attached hydrogens (primary N) is 1. The van der Waals surface area contributed by atoms with Crippen molar-refractivity contribution in [2.75, 3.05) is 12.3 Å². The van der Waals surface area contributed by atoms with Crippen LogP contribution in [0.4, 0.5) is 0 Å². The maximum Gasteiger partial charge on any atom is 0.241 e. The minimum Gasteiger partial charge on any atom is -2.00 e. The molecule has 191 valence electrons. The van der Waals surface area contributed by atoms with Crippen molar-refractivity contribution in [3.8, 4) is 5.75 Å². The van der Waals surface area contributed by atoms with Gasteiger partial charge in [-0.2, -0.15) is 0 Å². The summed E-state index contributed by atoms with van der Waals surface area (Å²) in [5, 5.41) is 37.4. The fraction of sp³-hybridized carbons (Fsp3) is 0.273. The maximum absolute atomic E-state index is 12.5. The Labute approximate surface area is 221 Å². The van der Waals surface area contributed by atoms with Crippen LogP contribution in [0.5, 0.6) is 5.75 Å². The molecule has 2 aromatic rings. The van der Waals surface area contributed by atoms with Crippen LogP contribution in [0.1, 0.15) is 17.2 Å². The number of nitrogens with one attached hydrogen (secondary N) is 4. The normalized spacial score (nSPS) is 12.5. The molecule has 0 aliphatic rings. The summed E-state index contributed by atoms with van der Waals surface area (Å²) in [4.78, 5) is 36.9. The van der Waals surface area contributed by atoms with Gasteiger partial charge in [-0.05, 0) is 23.4 Å². The summed E-state index contributed by atoms with van der Waals surface area (Å²) in [6.45, 7) is -0.440. The van der Waals surface area contributed by atoms with E-state index >= 15 is 0 Å². The van der Waals surface area contributed by atoms with Gasteiger partial charge in [-0.3, -0.25) is 14.4 Å². The molecule has 0 aliphatic heterocycles. The van der Waals surface area contributed by atoms with Gasteiger partial charge in [-0.25, -0.2) is 0 Å². The zero-order valence-electron chi connectivity index (χ0n) is 18.4. The van der Waals surface area contributed by atoms with Crippen LogP contribution in [-0.2, 0) is 59.3 Å². The summed E-state index contributed by atoms with van der Waals surface area (Å²) in [7, 11) is 0. The average Bonchev–Trinajstić information content (AvgIpc) is 2.80. The van der Waals surface area contributed by atoms with E-state index in [1.54, 1.807) is 42.5 Å². The topological polar surface area (TPSA) is 212 Å². The van der Waals surface area contributed by atoms with Crippen LogP contribution in [0.15, 0.2) is 54.6 Å². The predicted molar refractivity (Wildman–Crippen MR) is 120 cm³/mol. The zero-order valence-corrected chi connectivity index (χ0v) is 21.9. The third kappa shape index (κ3) is 10.5. The zero-order chi connectivity index (χ0) is 24.4. The van der Waals surface area contributed by atoms with Crippen LogP contribution in [-0.4, -0.2) is 48.0 Å². The van der Waals surface area contributed by atoms with E-state index in [4.69, 9.17) is 23.8 Å². The molecule has 1 radical (unpaired) electrons. The summed E-state index contributed by atoms with van der Waals surface area (Å²) >= 11 is 4.93. The van der Waals surface area contributed by atoms with Crippen molar-refractivity contribution in [1.29, 1.82) is 5.41 Å². The average molecular weight is 673 g/mol. The number of carbonyl (C=O) groups excluding carboxylic acids is 3. The number of hydrogen-bond donors (Lipinski definition) is 5. The van der Waals surface area contributed by atoms with E-state index in [0.717, 1.165) is 0 Å². The van der Waals surface area contributed by atoms with Crippen molar-refractivity contribution in [3.63, 3.8) is 0 Å². The summed E-state index contributed by atoms with van der Waals surface area (Å²) < 4.78 is 0. The van der Waals surface area contributed by atoms with Crippen molar-refractivity contribution in [2.45, 2.75) is 24.5 Å². The maximum atomic E-state index is 12.5. The Hall–Kier alpha value is -2.95. The molecule has 0 fully saturated rings. The van der Waals surface area contributed by atoms with Crippen molar-refractivity contribution >= 4 is 36.2 Å². The Morgan fingerprint density at radius 2 is 1.60 bits per heavy atom. The van der Waals surface area contributed by atoms with Gasteiger partial charge < -0.3 is 55.4 Å². The number of hydrogen-bond acceptors (Lipinski definition) is 8. The van der Waals surface area contributed by atoms with E-state index in [2.05, 4.69) is 16.0 Å². The summed E-state index contributed by atoms with van der Waals surface area (Å²) in [5.41, 5.74) is 6.95. The Kier molecular flexibility index (Phi) is 14.5. The largest absolute Gasteiger partial charge is 2.00 e. The molecular weight excluding hydrogens is 649 g/mol. The first kappa shape index (κ1) is 32.1. The molecule has 3 amide bonds. The number of benzene rings is 2. The number of rotatable bonds is 11. The molecule has 0 spiro atoms. The van der Waals surface area contributed by atoms with Crippen molar-refractivity contribution in [3.05, 3.63) is 65.7 Å². The monoisotopic (exact) mass is 673 g/mol. The summed E-state index contributed by atoms with van der Waals surface area (Å²) in [6, 6.07) is 10.8. The Bertz CT molecular complexity index is 980. The Balaban J connectivity index is 0.00000578. The fourth-order valence-electron chi connectivity index (χ4n) is 2.89. The van der Waals surface area contributed by atoms with Crippen LogP contribution in [0.25, 0.3) is 0 Å². The molecule has 0 bridgehead atoms. The van der Waals surface area contributed by atoms with Crippen molar-refractivity contribution in [2.24, 2.45) is 5.73 Å². The van der Waals surface area contributed by atoms with Gasteiger partial charge >= 0.3 is 0 Å². The van der Waals surface area contributed by atoms with Crippen LogP contribution < -0.4 is 31.9 Å². The minimum absolute atomic E-state index is 0. The van der Waals surface area contributed by atoms with Crippen LogP contribution >= 0.6 is 0 Å². The third-order valence-corrected chi connectivity index (χ3v) is 4.97. The first-order chi connectivity index (χ1) is 15.7. The van der Waals surface area contributed by atoms with Gasteiger partial charge in [0.05, 0.1) is 24.7 Å². The first-order valence-electron chi connectivity index (χ1n) is 9.98. The second-order valence-corrected chi connectivity index (χ2v) is 7.51. The van der Waals surface area contributed by atoms with Crippen LogP contribution in [0.2, 0.25) is 0 Å². The molecule has 13 heteroatoms. The third-order valence-electron chi connectivity index (χ3n) is 4.64. The molecule has 3 atom stereocenters. The number of amides is 3. The smallest absolute Gasteiger partial charge is 0.241 e. The van der Waals surface area contributed by atoms with Gasteiger partial charge in [-0.15, -0.1) is 11.5 Å². The van der Waals surface area contributed by atoms with E-state index in [-0.39, 0.29) is 43.8 Å².